The van der Waals surface area contributed by atoms with Crippen LogP contribution in [0.3, 0.4) is 0 Å². The average Bonchev–Trinajstić information content (AvgIpc) is 2.76. The molecule has 2 atom stereocenters. The number of nitrogens with zero attached hydrogens (tertiary/aromatic N) is 1. The number of carbonyl (C=O) groups excluding carboxylic acids is 2. The number of hydrogen-bond donors (Lipinski definition) is 0. The zero-order valence-electron chi connectivity index (χ0n) is 17.4. The van der Waals surface area contributed by atoms with E-state index in [1.165, 1.54) is 28.6 Å². The van der Waals surface area contributed by atoms with E-state index < -0.39 is 22.0 Å². The van der Waals surface area contributed by atoms with Crippen molar-refractivity contribution in [1.82, 2.24) is 4.31 Å². The van der Waals surface area contributed by atoms with Gasteiger partial charge in [-0.05, 0) is 50.2 Å². The molecule has 9 heteroatoms. The number of ether oxygens (including phenoxy) is 3. The van der Waals surface area contributed by atoms with Crippen molar-refractivity contribution in [3.8, 4) is 0 Å². The molecule has 3 rings (SSSR count). The fourth-order valence-electron chi connectivity index (χ4n) is 3.25. The van der Waals surface area contributed by atoms with Crippen LogP contribution in [0.15, 0.2) is 59.5 Å². The number of sulfonamides is 1. The molecule has 0 amide bonds. The van der Waals surface area contributed by atoms with Gasteiger partial charge in [0, 0.05) is 13.1 Å². The minimum Gasteiger partial charge on any atom is -0.458 e. The van der Waals surface area contributed by atoms with Gasteiger partial charge < -0.3 is 14.2 Å². The molecule has 0 N–H and O–H groups in total. The second-order valence-corrected chi connectivity index (χ2v) is 9.18. The summed E-state index contributed by atoms with van der Waals surface area (Å²) in [6, 6.07) is 14.1. The Bertz CT molecular complexity index is 996. The first-order valence-corrected chi connectivity index (χ1v) is 11.4. The number of rotatable bonds is 7. The highest BCUT2D eigenvalue weighted by molar-refractivity contribution is 7.89. The summed E-state index contributed by atoms with van der Waals surface area (Å²) in [5.74, 6) is -1.13. The zero-order valence-corrected chi connectivity index (χ0v) is 18.2. The summed E-state index contributed by atoms with van der Waals surface area (Å²) in [5.41, 5.74) is 0.617. The van der Waals surface area contributed by atoms with Crippen LogP contribution < -0.4 is 0 Å². The summed E-state index contributed by atoms with van der Waals surface area (Å²) < 4.78 is 42.8. The van der Waals surface area contributed by atoms with Crippen molar-refractivity contribution in [2.75, 3.05) is 26.3 Å². The van der Waals surface area contributed by atoms with Gasteiger partial charge in [0.05, 0.1) is 28.2 Å². The van der Waals surface area contributed by atoms with Crippen LogP contribution in [0.5, 0.6) is 0 Å². The number of hydrogen-bond acceptors (Lipinski definition) is 7. The molecule has 2 unspecified atom stereocenters. The zero-order chi connectivity index (χ0) is 22.4. The van der Waals surface area contributed by atoms with Crippen LogP contribution in [-0.4, -0.2) is 63.2 Å². The molecule has 1 aliphatic rings. The summed E-state index contributed by atoms with van der Waals surface area (Å²) in [6.07, 6.45) is -0.382. The monoisotopic (exact) mass is 447 g/mol. The minimum absolute atomic E-state index is 0.0840. The van der Waals surface area contributed by atoms with Gasteiger partial charge in [-0.1, -0.05) is 18.2 Å². The highest BCUT2D eigenvalue weighted by Gasteiger charge is 2.32. The topological polar surface area (TPSA) is 99.2 Å². The maximum atomic E-state index is 12.9. The predicted molar refractivity (Wildman–Crippen MR) is 112 cm³/mol. The van der Waals surface area contributed by atoms with E-state index in [-0.39, 0.29) is 49.0 Å². The molecule has 1 heterocycles. The Labute approximate surface area is 181 Å². The van der Waals surface area contributed by atoms with Crippen molar-refractivity contribution in [3.05, 3.63) is 65.7 Å². The number of esters is 2. The van der Waals surface area contributed by atoms with Gasteiger partial charge in [-0.3, -0.25) is 0 Å². The van der Waals surface area contributed by atoms with Crippen LogP contribution in [0.1, 0.15) is 34.6 Å². The number of morpholine rings is 1. The van der Waals surface area contributed by atoms with Crippen LogP contribution >= 0.6 is 0 Å². The average molecular weight is 448 g/mol. The van der Waals surface area contributed by atoms with Crippen LogP contribution in [0.4, 0.5) is 0 Å². The number of carbonyl (C=O) groups is 2. The summed E-state index contributed by atoms with van der Waals surface area (Å²) in [5, 5.41) is 0. The Balaban J connectivity index is 1.52. The predicted octanol–water partition coefficient (Wildman–Crippen LogP) is 2.50. The van der Waals surface area contributed by atoms with Gasteiger partial charge in [0.25, 0.3) is 0 Å². The van der Waals surface area contributed by atoms with Gasteiger partial charge in [-0.2, -0.15) is 4.31 Å². The quantitative estimate of drug-likeness (QED) is 0.475. The van der Waals surface area contributed by atoms with Crippen molar-refractivity contribution in [1.29, 1.82) is 0 Å². The lowest BCUT2D eigenvalue weighted by atomic mass is 10.2. The Morgan fingerprint density at radius 2 is 1.35 bits per heavy atom. The van der Waals surface area contributed by atoms with Crippen molar-refractivity contribution >= 4 is 22.0 Å². The standard InChI is InChI=1S/C22H25NO7S/c1-16-14-23(15-17(2)30-16)31(26,27)20-10-8-19(9-11-20)22(25)29-13-12-28-21(24)18-6-4-3-5-7-18/h3-11,16-17H,12-15H2,1-2H3. The Morgan fingerprint density at radius 1 is 0.871 bits per heavy atom. The molecule has 31 heavy (non-hydrogen) atoms. The fraction of sp³-hybridized carbons (Fsp3) is 0.364. The van der Waals surface area contributed by atoms with E-state index >= 15 is 0 Å². The second-order valence-electron chi connectivity index (χ2n) is 7.24. The maximum absolute atomic E-state index is 12.9. The molecule has 0 bridgehead atoms. The Morgan fingerprint density at radius 3 is 1.87 bits per heavy atom. The van der Waals surface area contributed by atoms with Gasteiger partial charge >= 0.3 is 11.9 Å². The highest BCUT2D eigenvalue weighted by atomic mass is 32.2. The first-order chi connectivity index (χ1) is 14.8. The molecule has 2 aromatic rings. The first kappa shape index (κ1) is 22.9. The molecular weight excluding hydrogens is 422 g/mol. The van der Waals surface area contributed by atoms with Crippen molar-refractivity contribution in [2.45, 2.75) is 31.0 Å². The largest absolute Gasteiger partial charge is 0.458 e. The third-order valence-electron chi connectivity index (χ3n) is 4.67. The van der Waals surface area contributed by atoms with Crippen LogP contribution in [0.2, 0.25) is 0 Å². The number of benzene rings is 2. The summed E-state index contributed by atoms with van der Waals surface area (Å²) in [7, 11) is -3.68. The molecule has 1 aliphatic heterocycles. The normalized spacial score (nSPS) is 19.5. The van der Waals surface area contributed by atoms with Gasteiger partial charge in [-0.25, -0.2) is 18.0 Å². The Hall–Kier alpha value is -2.75. The van der Waals surface area contributed by atoms with Crippen molar-refractivity contribution in [2.24, 2.45) is 0 Å². The molecule has 1 saturated heterocycles. The summed E-state index contributed by atoms with van der Waals surface area (Å²) in [6.45, 7) is 4.01. The van der Waals surface area contributed by atoms with E-state index in [2.05, 4.69) is 0 Å². The smallest absolute Gasteiger partial charge is 0.338 e. The van der Waals surface area contributed by atoms with E-state index in [4.69, 9.17) is 14.2 Å². The minimum atomic E-state index is -3.68. The lowest BCUT2D eigenvalue weighted by Gasteiger charge is -2.34. The third kappa shape index (κ3) is 5.90. The molecule has 0 saturated carbocycles. The van der Waals surface area contributed by atoms with Gasteiger partial charge in [0.2, 0.25) is 10.0 Å². The molecule has 0 aromatic heterocycles. The van der Waals surface area contributed by atoms with E-state index in [0.717, 1.165) is 0 Å². The SMILES string of the molecule is CC1CN(S(=O)(=O)c2ccc(C(=O)OCCOC(=O)c3ccccc3)cc2)CC(C)O1. The first-order valence-electron chi connectivity index (χ1n) is 9.92. The maximum Gasteiger partial charge on any atom is 0.338 e. The molecule has 1 fully saturated rings. The summed E-state index contributed by atoms with van der Waals surface area (Å²) in [4.78, 5) is 24.1. The highest BCUT2D eigenvalue weighted by Crippen LogP contribution is 2.21. The molecule has 0 radical (unpaired) electrons. The van der Waals surface area contributed by atoms with Gasteiger partial charge in [-0.15, -0.1) is 0 Å². The molecule has 8 nitrogen and oxygen atoms in total. The lowest BCUT2D eigenvalue weighted by molar-refractivity contribution is -0.0440. The van der Waals surface area contributed by atoms with E-state index in [0.29, 0.717) is 5.56 Å². The lowest BCUT2D eigenvalue weighted by Crippen LogP contribution is -2.48. The molecular formula is C22H25NO7S. The van der Waals surface area contributed by atoms with E-state index in [1.54, 1.807) is 30.3 Å². The molecule has 0 aliphatic carbocycles. The van der Waals surface area contributed by atoms with Gasteiger partial charge in [0.15, 0.2) is 0 Å². The summed E-state index contributed by atoms with van der Waals surface area (Å²) >= 11 is 0. The van der Waals surface area contributed by atoms with Crippen LogP contribution in [-0.2, 0) is 24.2 Å². The van der Waals surface area contributed by atoms with E-state index in [1.807, 2.05) is 13.8 Å². The third-order valence-corrected chi connectivity index (χ3v) is 6.52. The van der Waals surface area contributed by atoms with Crippen molar-refractivity contribution in [3.63, 3.8) is 0 Å². The van der Waals surface area contributed by atoms with E-state index in [9.17, 15) is 18.0 Å². The van der Waals surface area contributed by atoms with Crippen LogP contribution in [0, 0.1) is 0 Å². The Kier molecular flexibility index (Phi) is 7.42. The van der Waals surface area contributed by atoms with Crippen LogP contribution in [0.25, 0.3) is 0 Å². The molecule has 166 valence electrons. The molecule has 0 spiro atoms. The fourth-order valence-corrected chi connectivity index (χ4v) is 4.84. The van der Waals surface area contributed by atoms with Crippen molar-refractivity contribution < 1.29 is 32.2 Å². The molecule has 2 aromatic carbocycles. The second kappa shape index (κ2) is 10.0. The van der Waals surface area contributed by atoms with Gasteiger partial charge in [0.1, 0.15) is 13.2 Å².